The molecule has 0 aliphatic carbocycles. The largest absolute Gasteiger partial charge is 0.477 e. The van der Waals surface area contributed by atoms with Crippen LogP contribution < -0.4 is 26.6 Å². The van der Waals surface area contributed by atoms with Gasteiger partial charge in [0, 0.05) is 41.0 Å². The second-order valence-electron chi connectivity index (χ2n) is 33.2. The molecule has 5 amide bonds. The summed E-state index contributed by atoms with van der Waals surface area (Å²) in [6, 6.07) is -9.71. The van der Waals surface area contributed by atoms with Crippen LogP contribution in [0, 0.1) is 0 Å². The van der Waals surface area contributed by atoms with Crippen molar-refractivity contribution in [2.24, 2.45) is 0 Å². The maximum absolute atomic E-state index is 13.3. The van der Waals surface area contributed by atoms with Gasteiger partial charge in [-0.05, 0) is 0 Å². The summed E-state index contributed by atoms with van der Waals surface area (Å²) in [5.41, 5.74) is 0. The van der Waals surface area contributed by atoms with Crippen LogP contribution in [0.4, 0.5) is 0 Å². The molecule has 0 aromatic rings. The molecule has 10 rings (SSSR count). The van der Waals surface area contributed by atoms with Crippen LogP contribution in [0.1, 0.15) is 41.0 Å². The molecule has 0 spiro atoms. The third-order valence-electron chi connectivity index (χ3n) is 23.8. The first kappa shape index (κ1) is 109. The van der Waals surface area contributed by atoms with E-state index < -0.39 is 420 Å². The van der Waals surface area contributed by atoms with Gasteiger partial charge in [0.05, 0.1) is 72.2 Å². The highest BCUT2D eigenvalue weighted by molar-refractivity contribution is 5.76. The molecule has 0 radical (unpaired) electrons. The fraction of sp³-hybridized carbons (Fsp3) is 0.918. The van der Waals surface area contributed by atoms with E-state index in [1.54, 1.807) is 0 Å². The predicted molar refractivity (Wildman–Crippen MR) is 405 cm³/mol. The number of aliphatic hydroxyl groups excluding tert-OH is 28. The minimum atomic E-state index is -3.12. The van der Waals surface area contributed by atoms with Crippen molar-refractivity contribution < 1.29 is 267 Å². The molecule has 59 nitrogen and oxygen atoms in total. The summed E-state index contributed by atoms with van der Waals surface area (Å²) in [4.78, 5) is 77.3. The van der Waals surface area contributed by atoms with Gasteiger partial charge in [0.25, 0.3) is 5.79 Å². The van der Waals surface area contributed by atoms with E-state index in [1.807, 2.05) is 0 Å². The summed E-state index contributed by atoms with van der Waals surface area (Å²) in [6.07, 6.45) is -99.2. The molecule has 10 saturated heterocycles. The van der Waals surface area contributed by atoms with Crippen molar-refractivity contribution in [2.45, 2.75) is 353 Å². The van der Waals surface area contributed by atoms with E-state index >= 15 is 0 Å². The third-order valence-corrected chi connectivity index (χ3v) is 23.8. The quantitative estimate of drug-likeness (QED) is 0.0277. The maximum atomic E-state index is 13.3. The Labute approximate surface area is 746 Å². The summed E-state index contributed by atoms with van der Waals surface area (Å²) in [7, 11) is 0. The Morgan fingerprint density at radius 3 is 1.03 bits per heavy atom. The summed E-state index contributed by atoms with van der Waals surface area (Å²) in [5.74, 6) is -9.99. The molecule has 0 aromatic carbocycles. The first-order valence-corrected chi connectivity index (χ1v) is 41.8. The molecular formula is C73H121N5O54. The lowest BCUT2D eigenvalue weighted by molar-refractivity contribution is -0.398. The molecule has 762 valence electrons. The molecule has 132 heavy (non-hydrogen) atoms. The lowest BCUT2D eigenvalue weighted by Gasteiger charge is -2.51. The SMILES string of the molecule is CC(=O)N[C@@H]1[C@@H](O)[C@H](O[C@@H]2O[C@H](CO)[C@@H](O[C@@H]3O[C@H](CO[C@H]4O[C@H](CO)[C@@H](O)[C@H](O)[C@@H]4O[C@@H]4O[C@H](CO)[C@@H](O[C@@H]5O[C@H](CO)[C@H](O)[C@H](O)[C@H]5O)[C@H](O)[C@H]4NC(C)=O)[C@@H](O)[C@H](O[C@H]4O[C@H](CO)[C@@H](O)[C@H](O)[C@@H]4O[C@@H]4O[C@H](CO)[C@@H](O[C@@H]5O[C@H](CO[C@]6(C(=O)O)C[C@H](O)[C@@H](O)[C@H]([C@H](O)[C@H](O)CO)O6)[C@H](O)[C@H](O)[C@H]5NC(C)=O)[C@H](O)[C@H]4NC(C)=O)[C@@H]3O)[C@H](O)[C@H]2NC(C)=O)[C@@H](CO)O[C@H]1O. The number of carboxylic acids is 1. The topological polar surface area (TPSA) is 925 Å². The average Bonchev–Trinajstić information content (AvgIpc) is 0.767. The Morgan fingerprint density at radius 2 is 0.621 bits per heavy atom. The van der Waals surface area contributed by atoms with Crippen LogP contribution in [0.2, 0.25) is 0 Å². The number of carbonyl (C=O) groups is 6. The Hall–Kier alpha value is -5.06. The summed E-state index contributed by atoms with van der Waals surface area (Å²) < 4.78 is 113. The second kappa shape index (κ2) is 47.3. The van der Waals surface area contributed by atoms with E-state index in [1.165, 1.54) is 0 Å². The van der Waals surface area contributed by atoms with Gasteiger partial charge in [0.15, 0.2) is 56.6 Å². The lowest BCUT2D eigenvalue weighted by Crippen LogP contribution is -2.71. The summed E-state index contributed by atoms with van der Waals surface area (Å²) in [6.45, 7) is -7.20. The van der Waals surface area contributed by atoms with E-state index in [0.29, 0.717) is 0 Å². The van der Waals surface area contributed by atoms with Crippen LogP contribution in [-0.2, 0) is 119 Å². The van der Waals surface area contributed by atoms with Crippen molar-refractivity contribution in [3.05, 3.63) is 0 Å². The zero-order valence-corrected chi connectivity index (χ0v) is 70.8. The molecule has 0 aromatic heterocycles. The minimum Gasteiger partial charge on any atom is -0.477 e. The van der Waals surface area contributed by atoms with Crippen LogP contribution in [0.3, 0.4) is 0 Å². The number of hydrogen-bond donors (Lipinski definition) is 34. The fourth-order valence-electron chi connectivity index (χ4n) is 16.9. The van der Waals surface area contributed by atoms with Crippen molar-refractivity contribution in [3.63, 3.8) is 0 Å². The molecule has 10 aliphatic rings. The minimum absolute atomic E-state index is 0.816. The normalized spacial score (nSPS) is 47.2. The Morgan fingerprint density at radius 1 is 0.311 bits per heavy atom. The molecule has 10 fully saturated rings. The van der Waals surface area contributed by atoms with Gasteiger partial charge in [-0.15, -0.1) is 0 Å². The van der Waals surface area contributed by atoms with Gasteiger partial charge in [0.2, 0.25) is 29.5 Å². The average molecular weight is 1930 g/mol. The first-order valence-electron chi connectivity index (χ1n) is 41.8. The molecular weight excluding hydrogens is 1810 g/mol. The Bertz CT molecular complexity index is 3680. The van der Waals surface area contributed by atoms with E-state index in [0.717, 1.165) is 34.6 Å². The molecule has 0 unspecified atom stereocenters. The number of aliphatic hydroxyl groups is 28. The van der Waals surface area contributed by atoms with Gasteiger partial charge in [-0.25, -0.2) is 4.79 Å². The van der Waals surface area contributed by atoms with Gasteiger partial charge in [-0.3, -0.25) is 24.0 Å². The molecule has 10 heterocycles. The number of nitrogens with one attached hydrogen (secondary N) is 5. The fourth-order valence-corrected chi connectivity index (χ4v) is 16.9. The molecule has 51 atom stereocenters. The first-order chi connectivity index (χ1) is 62.3. The maximum Gasteiger partial charge on any atom is 0.364 e. The van der Waals surface area contributed by atoms with Gasteiger partial charge in [-0.2, -0.15) is 0 Å². The van der Waals surface area contributed by atoms with Crippen molar-refractivity contribution >= 4 is 35.5 Å². The van der Waals surface area contributed by atoms with Crippen LogP contribution in [-0.4, -0.2) is 562 Å². The van der Waals surface area contributed by atoms with Gasteiger partial charge in [-0.1, -0.05) is 0 Å². The third kappa shape index (κ3) is 24.1. The smallest absolute Gasteiger partial charge is 0.364 e. The molecule has 0 saturated carbocycles. The standard InChI is InChI=1S/C73H121N5O54/c1-17(87)74-33-46(102)55(27(11-83)116-63(33)111)125-65-35(76-19(3)89)48(104)58(30(14-86)120-65)128-69-54(110)59(44(100)31(124-69)15-114-70-61(51(107)41(97)25(9-81)118-70)130-66-37(78-21(5)91)49(105)57(29(13-85)122-66)127-68-53(109)50(106)40(96)24(8-80)117-68)129-71-62(52(108)42(98)26(10-82)119-71)131-67-36(77-20(4)90)47(103)56(28(12-84)121-67)126-64-34(75-18(2)88)45(101)43(99)32(123-64)16-115-73(72(112)113)6-22(92)38(94)60(132-73)39(95)23(93)7-79/h22-71,79-86,92-111H,6-16H2,1-5H3,(H,74,87)(H,75,88)(H,76,89)(H,77,90)(H,78,91)(H,112,113)/t22-,23+,24+,25+,26+,27+,28+,29+,30+,31+,32+,33+,34+,35+,36+,37+,38+,39+,40-,41+,42+,43-,44+,45+,46+,47+,48+,49+,50-,51-,52-,53+,54-,55+,56+,57+,58+,59-,60+,61-,62-,63+,64-,65-,66-,67-,68-,69-,70-,71+,73+/m0/s1. The number of amides is 5. The van der Waals surface area contributed by atoms with E-state index in [-0.39, 0.29) is 0 Å². The monoisotopic (exact) mass is 1930 g/mol. The predicted octanol–water partition coefficient (Wildman–Crippen LogP) is -22.9. The van der Waals surface area contributed by atoms with Crippen LogP contribution in [0.25, 0.3) is 0 Å². The number of ether oxygens (including phenoxy) is 19. The van der Waals surface area contributed by atoms with Gasteiger partial charge < -0.3 is 265 Å². The van der Waals surface area contributed by atoms with E-state index in [2.05, 4.69) is 26.6 Å². The number of carbonyl (C=O) groups excluding carboxylic acids is 5. The second-order valence-corrected chi connectivity index (χ2v) is 33.2. The van der Waals surface area contributed by atoms with Crippen LogP contribution in [0.5, 0.6) is 0 Å². The van der Waals surface area contributed by atoms with Crippen molar-refractivity contribution in [1.29, 1.82) is 0 Å². The highest BCUT2D eigenvalue weighted by Crippen LogP contribution is 2.42. The van der Waals surface area contributed by atoms with Gasteiger partial charge >= 0.3 is 5.97 Å². The van der Waals surface area contributed by atoms with Crippen molar-refractivity contribution in [2.75, 3.05) is 66.1 Å². The highest BCUT2D eigenvalue weighted by atomic mass is 16.8. The molecule has 59 heteroatoms. The number of hydrogen-bond acceptors (Lipinski definition) is 53. The van der Waals surface area contributed by atoms with Crippen molar-refractivity contribution in [3.8, 4) is 0 Å². The number of rotatable bonds is 36. The zero-order chi connectivity index (χ0) is 97.6. The number of carboxylic acid groups (broad SMARTS) is 1. The number of aliphatic carboxylic acids is 1. The molecule has 34 N–H and O–H groups in total. The summed E-state index contributed by atoms with van der Waals surface area (Å²) in [5, 5.41) is 335. The Kier molecular flexibility index (Phi) is 39.0. The highest BCUT2D eigenvalue weighted by Gasteiger charge is 2.63. The summed E-state index contributed by atoms with van der Waals surface area (Å²) >= 11 is 0. The van der Waals surface area contributed by atoms with Crippen LogP contribution in [0.15, 0.2) is 0 Å². The lowest BCUT2D eigenvalue weighted by atomic mass is 9.90. The molecule has 0 bridgehead atoms. The zero-order valence-electron chi connectivity index (χ0n) is 70.8. The van der Waals surface area contributed by atoms with Gasteiger partial charge in [0.1, 0.15) is 244 Å². The Balaban J connectivity index is 0.974. The molecule has 10 aliphatic heterocycles. The van der Waals surface area contributed by atoms with E-state index in [4.69, 9.17) is 90.0 Å². The van der Waals surface area contributed by atoms with Crippen molar-refractivity contribution in [1.82, 2.24) is 26.6 Å². The van der Waals surface area contributed by atoms with Crippen LogP contribution >= 0.6 is 0 Å². The van der Waals surface area contributed by atoms with E-state index in [9.17, 15) is 177 Å².